The third-order valence-corrected chi connectivity index (χ3v) is 5.88. The van der Waals surface area contributed by atoms with Gasteiger partial charge in [0.05, 0.1) is 24.7 Å². The number of nitrogens with zero attached hydrogens (tertiary/aromatic N) is 2. The molecule has 0 spiro atoms. The molecule has 3 aromatic rings. The third kappa shape index (κ3) is 4.99. The third-order valence-electron chi connectivity index (χ3n) is 4.47. The molecule has 0 radical (unpaired) electrons. The molecule has 160 valence electrons. The van der Waals surface area contributed by atoms with Gasteiger partial charge < -0.3 is 10.1 Å². The summed E-state index contributed by atoms with van der Waals surface area (Å²) in [5, 5.41) is 3.06. The summed E-state index contributed by atoms with van der Waals surface area (Å²) in [5.74, 6) is 2.57. The van der Waals surface area contributed by atoms with Gasteiger partial charge in [-0.15, -0.1) is 6.42 Å². The molecule has 0 amide bonds. The Morgan fingerprint density at radius 2 is 1.81 bits per heavy atom. The molecule has 2 N–H and O–H groups in total. The van der Waals surface area contributed by atoms with Gasteiger partial charge in [-0.1, -0.05) is 18.1 Å². The van der Waals surface area contributed by atoms with Gasteiger partial charge in [-0.3, -0.25) is 0 Å². The number of aryl methyl sites for hydroxylation is 2. The Morgan fingerprint density at radius 3 is 2.39 bits per heavy atom. The molecule has 0 aliphatic heterocycles. The second-order valence-electron chi connectivity index (χ2n) is 6.71. The molecule has 0 saturated carbocycles. The molecular weight excluding hydrogens is 419 g/mol. The number of terminal acetylenes is 1. The van der Waals surface area contributed by atoms with E-state index < -0.39 is 15.8 Å². The summed E-state index contributed by atoms with van der Waals surface area (Å²) in [6, 6.07) is 9.42. The minimum absolute atomic E-state index is 0.0171. The molecule has 1 heterocycles. The molecule has 0 aliphatic carbocycles. The molecule has 2 aromatic carbocycles. The first-order valence-corrected chi connectivity index (χ1v) is 10.7. The van der Waals surface area contributed by atoms with E-state index in [1.807, 2.05) is 26.0 Å². The molecule has 1 aromatic heterocycles. The van der Waals surface area contributed by atoms with Crippen molar-refractivity contribution < 1.29 is 17.5 Å². The van der Waals surface area contributed by atoms with E-state index in [-0.39, 0.29) is 23.1 Å². The number of halogens is 1. The maximum atomic E-state index is 14.4. The van der Waals surface area contributed by atoms with Crippen LogP contribution in [0.25, 0.3) is 11.3 Å². The number of methoxy groups -OCH3 is 1. The van der Waals surface area contributed by atoms with Crippen LogP contribution in [-0.4, -0.2) is 32.0 Å². The lowest BCUT2D eigenvalue weighted by atomic mass is 10.1. The topological polar surface area (TPSA) is 93.2 Å². The van der Waals surface area contributed by atoms with Crippen molar-refractivity contribution in [3.63, 3.8) is 0 Å². The molecule has 0 bridgehead atoms. The van der Waals surface area contributed by atoms with Gasteiger partial charge >= 0.3 is 0 Å². The van der Waals surface area contributed by atoms with Crippen LogP contribution in [-0.2, 0) is 10.0 Å². The first-order chi connectivity index (χ1) is 14.7. The van der Waals surface area contributed by atoms with Crippen LogP contribution in [0.2, 0.25) is 0 Å². The summed E-state index contributed by atoms with van der Waals surface area (Å²) in [6.07, 6.45) is 6.15. The SMILES string of the molecule is C#CCNS(=O)(=O)c1ccc(-c2nc(Nc3cc(C)c(OC)c(C)c3)ncc2F)cc1. The van der Waals surface area contributed by atoms with E-state index in [0.29, 0.717) is 5.56 Å². The second-order valence-corrected chi connectivity index (χ2v) is 8.48. The largest absolute Gasteiger partial charge is 0.496 e. The van der Waals surface area contributed by atoms with Gasteiger partial charge in [0.15, 0.2) is 5.82 Å². The van der Waals surface area contributed by atoms with Gasteiger partial charge in [0.25, 0.3) is 0 Å². The fourth-order valence-corrected chi connectivity index (χ4v) is 4.05. The zero-order valence-electron chi connectivity index (χ0n) is 17.2. The maximum absolute atomic E-state index is 14.4. The van der Waals surface area contributed by atoms with Crippen molar-refractivity contribution in [3.8, 4) is 29.4 Å². The highest BCUT2D eigenvalue weighted by molar-refractivity contribution is 7.89. The average Bonchev–Trinajstić information content (AvgIpc) is 2.73. The molecule has 0 fully saturated rings. The van der Waals surface area contributed by atoms with Crippen LogP contribution in [0, 0.1) is 32.0 Å². The average molecular weight is 441 g/mol. The Hall–Kier alpha value is -3.48. The van der Waals surface area contributed by atoms with Crippen LogP contribution in [0.1, 0.15) is 11.1 Å². The molecule has 31 heavy (non-hydrogen) atoms. The molecule has 0 saturated heterocycles. The molecule has 7 nitrogen and oxygen atoms in total. The van der Waals surface area contributed by atoms with Crippen LogP contribution >= 0.6 is 0 Å². The Bertz CT molecular complexity index is 1230. The van der Waals surface area contributed by atoms with Crippen LogP contribution in [0.4, 0.5) is 16.0 Å². The van der Waals surface area contributed by atoms with Crippen molar-refractivity contribution in [1.82, 2.24) is 14.7 Å². The number of aromatic nitrogens is 2. The zero-order valence-corrected chi connectivity index (χ0v) is 18.0. The molecule has 0 atom stereocenters. The number of sulfonamides is 1. The Balaban J connectivity index is 1.89. The van der Waals surface area contributed by atoms with Gasteiger partial charge in [-0.05, 0) is 49.2 Å². The fourth-order valence-electron chi connectivity index (χ4n) is 3.12. The normalized spacial score (nSPS) is 11.1. The van der Waals surface area contributed by atoms with E-state index in [4.69, 9.17) is 11.2 Å². The van der Waals surface area contributed by atoms with Crippen LogP contribution in [0.3, 0.4) is 0 Å². The molecule has 0 aliphatic rings. The smallest absolute Gasteiger partial charge is 0.241 e. The minimum atomic E-state index is -3.74. The molecular formula is C22H21FN4O3S. The zero-order chi connectivity index (χ0) is 22.6. The van der Waals surface area contributed by atoms with E-state index in [1.165, 1.54) is 24.3 Å². The lowest BCUT2D eigenvalue weighted by molar-refractivity contribution is 0.408. The molecule has 9 heteroatoms. The number of ether oxygens (including phenoxy) is 1. The van der Waals surface area contributed by atoms with Crippen molar-refractivity contribution in [3.05, 3.63) is 59.5 Å². The monoisotopic (exact) mass is 440 g/mol. The molecule has 0 unspecified atom stereocenters. The van der Waals surface area contributed by atoms with Gasteiger partial charge in [0.1, 0.15) is 11.4 Å². The minimum Gasteiger partial charge on any atom is -0.496 e. The molecule has 3 rings (SSSR count). The standard InChI is InChI=1S/C22H21FN4O3S/c1-5-10-25-31(28,29)18-8-6-16(7-9-18)20-19(23)13-24-22(27-20)26-17-11-14(2)21(30-4)15(3)12-17/h1,6-9,11-13,25H,10H2,2-4H3,(H,24,26,27). The Labute approximate surface area is 180 Å². The second kappa shape index (κ2) is 9.12. The first kappa shape index (κ1) is 22.2. The summed E-state index contributed by atoms with van der Waals surface area (Å²) in [5.41, 5.74) is 3.04. The summed E-state index contributed by atoms with van der Waals surface area (Å²) < 4.78 is 46.3. The van der Waals surface area contributed by atoms with E-state index in [9.17, 15) is 12.8 Å². The Kier molecular flexibility index (Phi) is 6.53. The quantitative estimate of drug-likeness (QED) is 0.546. The Morgan fingerprint density at radius 1 is 1.16 bits per heavy atom. The predicted molar refractivity (Wildman–Crippen MR) is 117 cm³/mol. The number of benzene rings is 2. The number of hydrogen-bond donors (Lipinski definition) is 2. The summed E-state index contributed by atoms with van der Waals surface area (Å²) in [7, 11) is -2.13. The highest BCUT2D eigenvalue weighted by Crippen LogP contribution is 2.29. The van der Waals surface area contributed by atoms with Gasteiger partial charge in [0.2, 0.25) is 16.0 Å². The highest BCUT2D eigenvalue weighted by Gasteiger charge is 2.15. The van der Waals surface area contributed by atoms with Crippen LogP contribution in [0.15, 0.2) is 47.5 Å². The highest BCUT2D eigenvalue weighted by atomic mass is 32.2. The maximum Gasteiger partial charge on any atom is 0.241 e. The van der Waals surface area contributed by atoms with Crippen molar-refractivity contribution in [2.45, 2.75) is 18.7 Å². The lowest BCUT2D eigenvalue weighted by Gasteiger charge is -2.13. The van der Waals surface area contributed by atoms with Crippen molar-refractivity contribution in [1.29, 1.82) is 0 Å². The van der Waals surface area contributed by atoms with Gasteiger partial charge in [-0.25, -0.2) is 22.8 Å². The number of hydrogen-bond acceptors (Lipinski definition) is 6. The summed E-state index contributed by atoms with van der Waals surface area (Å²) in [4.78, 5) is 8.28. The number of nitrogens with one attached hydrogen (secondary N) is 2. The number of rotatable bonds is 7. The summed E-state index contributed by atoms with van der Waals surface area (Å²) in [6.45, 7) is 3.72. The fraction of sp³-hybridized carbons (Fsp3) is 0.182. The van der Waals surface area contributed by atoms with Crippen LogP contribution < -0.4 is 14.8 Å². The van der Waals surface area contributed by atoms with Crippen LogP contribution in [0.5, 0.6) is 5.75 Å². The van der Waals surface area contributed by atoms with Gasteiger partial charge in [-0.2, -0.15) is 4.72 Å². The first-order valence-electron chi connectivity index (χ1n) is 9.23. The van der Waals surface area contributed by atoms with Crippen molar-refractivity contribution in [2.75, 3.05) is 19.0 Å². The van der Waals surface area contributed by atoms with Crippen molar-refractivity contribution in [2.24, 2.45) is 0 Å². The van der Waals surface area contributed by atoms with E-state index in [0.717, 1.165) is 28.8 Å². The number of anilines is 2. The van der Waals surface area contributed by atoms with Gasteiger partial charge in [0, 0.05) is 11.3 Å². The predicted octanol–water partition coefficient (Wildman–Crippen LogP) is 3.56. The van der Waals surface area contributed by atoms with E-state index >= 15 is 0 Å². The van der Waals surface area contributed by atoms with E-state index in [2.05, 4.69) is 25.9 Å². The summed E-state index contributed by atoms with van der Waals surface area (Å²) >= 11 is 0. The lowest BCUT2D eigenvalue weighted by Crippen LogP contribution is -2.23. The van der Waals surface area contributed by atoms with E-state index in [1.54, 1.807) is 7.11 Å². The van der Waals surface area contributed by atoms with Crippen molar-refractivity contribution >= 4 is 21.7 Å².